The molecule has 31 heavy (non-hydrogen) atoms. The first-order valence-electron chi connectivity index (χ1n) is 9.46. The van der Waals surface area contributed by atoms with Crippen molar-refractivity contribution in [2.75, 3.05) is 11.5 Å². The lowest BCUT2D eigenvalue weighted by molar-refractivity contribution is -0.119. The second kappa shape index (κ2) is 8.77. The minimum absolute atomic E-state index is 0.147. The lowest BCUT2D eigenvalue weighted by Gasteiger charge is -2.16. The average Bonchev–Trinajstić information content (AvgIpc) is 3.35. The summed E-state index contributed by atoms with van der Waals surface area (Å²) in [4.78, 5) is 27.3. The molecule has 1 aliphatic rings. The Morgan fingerprint density at radius 2 is 1.81 bits per heavy atom. The predicted molar refractivity (Wildman–Crippen MR) is 113 cm³/mol. The first kappa shape index (κ1) is 20.9. The molecule has 0 unspecified atom stereocenters. The Bertz CT molecular complexity index is 1160. The van der Waals surface area contributed by atoms with Gasteiger partial charge in [0.2, 0.25) is 0 Å². The topological polar surface area (TPSA) is 59.8 Å². The van der Waals surface area contributed by atoms with E-state index in [1.165, 1.54) is 6.26 Å². The molecular formula is C23H17F2NO4S. The summed E-state index contributed by atoms with van der Waals surface area (Å²) in [5, 5.41) is 0. The molecule has 2 aromatic carbocycles. The second-order valence-electron chi connectivity index (χ2n) is 6.57. The third-order valence-electron chi connectivity index (χ3n) is 4.58. The molecule has 2 heterocycles. The molecule has 0 radical (unpaired) electrons. The van der Waals surface area contributed by atoms with E-state index in [1.54, 1.807) is 36.4 Å². The van der Waals surface area contributed by atoms with Crippen LogP contribution in [0.2, 0.25) is 0 Å². The van der Waals surface area contributed by atoms with Crippen molar-refractivity contribution in [3.05, 3.63) is 88.7 Å². The number of furan rings is 1. The summed E-state index contributed by atoms with van der Waals surface area (Å²) in [5.74, 6) is -1.60. The number of amides is 2. The SMILES string of the molecule is CCOc1ccc(C2=C(SCc3ccco3)C(=O)N(c3ccc(F)cc3F)C2=O)cc1. The monoisotopic (exact) mass is 441 g/mol. The Morgan fingerprint density at radius 3 is 2.45 bits per heavy atom. The quantitative estimate of drug-likeness (QED) is 0.473. The predicted octanol–water partition coefficient (Wildman–Crippen LogP) is 5.17. The Hall–Kier alpha value is -3.39. The zero-order valence-electron chi connectivity index (χ0n) is 16.4. The van der Waals surface area contributed by atoms with Crippen LogP contribution in [-0.2, 0) is 15.3 Å². The molecule has 158 valence electrons. The molecule has 0 fully saturated rings. The van der Waals surface area contributed by atoms with Crippen LogP contribution in [0.5, 0.6) is 5.75 Å². The third kappa shape index (κ3) is 4.11. The number of thioether (sulfide) groups is 1. The number of ether oxygens (including phenoxy) is 1. The van der Waals surface area contributed by atoms with Crippen molar-refractivity contribution in [2.24, 2.45) is 0 Å². The highest BCUT2D eigenvalue weighted by molar-refractivity contribution is 8.03. The van der Waals surface area contributed by atoms with Crippen LogP contribution in [-0.4, -0.2) is 18.4 Å². The van der Waals surface area contributed by atoms with Crippen molar-refractivity contribution in [2.45, 2.75) is 12.7 Å². The highest BCUT2D eigenvalue weighted by atomic mass is 32.2. The molecule has 0 spiro atoms. The zero-order valence-corrected chi connectivity index (χ0v) is 17.2. The van der Waals surface area contributed by atoms with E-state index in [0.717, 1.165) is 28.8 Å². The Balaban J connectivity index is 1.74. The third-order valence-corrected chi connectivity index (χ3v) is 5.68. The number of anilines is 1. The van der Waals surface area contributed by atoms with Gasteiger partial charge in [0.05, 0.1) is 34.8 Å². The zero-order chi connectivity index (χ0) is 22.0. The molecule has 0 saturated carbocycles. The average molecular weight is 441 g/mol. The maximum absolute atomic E-state index is 14.4. The van der Waals surface area contributed by atoms with Gasteiger partial charge in [0.25, 0.3) is 11.8 Å². The van der Waals surface area contributed by atoms with Gasteiger partial charge in [0.15, 0.2) is 0 Å². The van der Waals surface area contributed by atoms with E-state index < -0.39 is 23.4 Å². The lowest BCUT2D eigenvalue weighted by atomic mass is 10.1. The smallest absolute Gasteiger partial charge is 0.272 e. The van der Waals surface area contributed by atoms with Crippen molar-refractivity contribution in [3.8, 4) is 5.75 Å². The van der Waals surface area contributed by atoms with Crippen LogP contribution in [0.15, 0.2) is 70.2 Å². The fraction of sp³-hybridized carbons (Fsp3) is 0.130. The lowest BCUT2D eigenvalue weighted by Crippen LogP contribution is -2.32. The van der Waals surface area contributed by atoms with Gasteiger partial charge in [-0.15, -0.1) is 11.8 Å². The Morgan fingerprint density at radius 1 is 1.03 bits per heavy atom. The summed E-state index contributed by atoms with van der Waals surface area (Å²) in [7, 11) is 0. The van der Waals surface area contributed by atoms with Crippen LogP contribution in [0.4, 0.5) is 14.5 Å². The summed E-state index contributed by atoms with van der Waals surface area (Å²) in [5.41, 5.74) is 0.343. The second-order valence-corrected chi connectivity index (χ2v) is 7.56. The van der Waals surface area contributed by atoms with E-state index in [2.05, 4.69) is 0 Å². The van der Waals surface area contributed by atoms with Crippen molar-refractivity contribution in [1.82, 2.24) is 0 Å². The van der Waals surface area contributed by atoms with Crippen LogP contribution < -0.4 is 9.64 Å². The summed E-state index contributed by atoms with van der Waals surface area (Å²) in [6.07, 6.45) is 1.51. The number of hydrogen-bond donors (Lipinski definition) is 0. The van der Waals surface area contributed by atoms with Gasteiger partial charge >= 0.3 is 0 Å². The highest BCUT2D eigenvalue weighted by Crippen LogP contribution is 2.40. The van der Waals surface area contributed by atoms with Crippen LogP contribution in [0.1, 0.15) is 18.2 Å². The Labute approximate surface area is 181 Å². The highest BCUT2D eigenvalue weighted by Gasteiger charge is 2.41. The summed E-state index contributed by atoms with van der Waals surface area (Å²) in [6.45, 7) is 2.34. The van der Waals surface area contributed by atoms with Gasteiger partial charge in [0.1, 0.15) is 23.1 Å². The van der Waals surface area contributed by atoms with Crippen LogP contribution in [0.25, 0.3) is 5.57 Å². The number of hydrogen-bond acceptors (Lipinski definition) is 5. The van der Waals surface area contributed by atoms with E-state index in [4.69, 9.17) is 9.15 Å². The molecule has 0 atom stereocenters. The molecule has 2 amide bonds. The maximum Gasteiger partial charge on any atom is 0.272 e. The number of rotatable bonds is 7. The molecule has 5 nitrogen and oxygen atoms in total. The van der Waals surface area contributed by atoms with Crippen LogP contribution >= 0.6 is 11.8 Å². The first-order chi connectivity index (χ1) is 15.0. The molecule has 0 N–H and O–H groups in total. The van der Waals surface area contributed by atoms with E-state index in [-0.39, 0.29) is 16.2 Å². The van der Waals surface area contributed by atoms with Crippen molar-refractivity contribution < 1.29 is 27.5 Å². The van der Waals surface area contributed by atoms with Crippen molar-refractivity contribution in [1.29, 1.82) is 0 Å². The van der Waals surface area contributed by atoms with Crippen molar-refractivity contribution >= 4 is 34.8 Å². The number of halogens is 2. The van der Waals surface area contributed by atoms with Gasteiger partial charge in [-0.2, -0.15) is 0 Å². The van der Waals surface area contributed by atoms with Crippen LogP contribution in [0.3, 0.4) is 0 Å². The standard InChI is InChI=1S/C23H17F2NO4S/c1-2-29-16-8-5-14(6-9-16)20-21(31-13-17-4-3-11-30-17)23(28)26(22(20)27)19-10-7-15(24)12-18(19)25/h3-12H,2,13H2,1H3. The maximum atomic E-state index is 14.4. The summed E-state index contributed by atoms with van der Waals surface area (Å²) < 4.78 is 38.5. The largest absolute Gasteiger partial charge is 0.494 e. The van der Waals surface area contributed by atoms with Gasteiger partial charge in [-0.1, -0.05) is 12.1 Å². The minimum atomic E-state index is -0.995. The van der Waals surface area contributed by atoms with E-state index in [0.29, 0.717) is 35.5 Å². The number of benzene rings is 2. The molecule has 8 heteroatoms. The molecule has 0 aliphatic carbocycles. The summed E-state index contributed by atoms with van der Waals surface area (Å²) in [6, 6.07) is 12.9. The van der Waals surface area contributed by atoms with E-state index in [1.807, 2.05) is 6.92 Å². The molecule has 0 bridgehead atoms. The van der Waals surface area contributed by atoms with Gasteiger partial charge in [0, 0.05) is 6.07 Å². The fourth-order valence-corrected chi connectivity index (χ4v) is 4.22. The normalized spacial score (nSPS) is 14.0. The first-order valence-corrected chi connectivity index (χ1v) is 10.4. The fourth-order valence-electron chi connectivity index (χ4n) is 3.20. The number of carbonyl (C=O) groups excluding carboxylic acids is 2. The van der Waals surface area contributed by atoms with E-state index >= 15 is 0 Å². The van der Waals surface area contributed by atoms with Gasteiger partial charge in [-0.3, -0.25) is 9.59 Å². The number of imide groups is 1. The van der Waals surface area contributed by atoms with E-state index in [9.17, 15) is 18.4 Å². The minimum Gasteiger partial charge on any atom is -0.494 e. The molecule has 1 aromatic heterocycles. The number of nitrogens with zero attached hydrogens (tertiary/aromatic N) is 1. The molecule has 0 saturated heterocycles. The number of carbonyl (C=O) groups is 2. The molecular weight excluding hydrogens is 424 g/mol. The molecule has 4 rings (SSSR count). The van der Waals surface area contributed by atoms with Gasteiger partial charge in [-0.05, 0) is 48.9 Å². The Kier molecular flexibility index (Phi) is 5.90. The van der Waals surface area contributed by atoms with Crippen molar-refractivity contribution in [3.63, 3.8) is 0 Å². The molecule has 3 aromatic rings. The van der Waals surface area contributed by atoms with Gasteiger partial charge < -0.3 is 9.15 Å². The molecule has 1 aliphatic heterocycles. The van der Waals surface area contributed by atoms with Crippen LogP contribution in [0, 0.1) is 11.6 Å². The summed E-state index contributed by atoms with van der Waals surface area (Å²) >= 11 is 1.12. The van der Waals surface area contributed by atoms with Gasteiger partial charge in [-0.25, -0.2) is 13.7 Å².